The summed E-state index contributed by atoms with van der Waals surface area (Å²) in [7, 11) is 1.55. The number of ether oxygens (including phenoxy) is 1. The van der Waals surface area contributed by atoms with Crippen molar-refractivity contribution in [1.29, 1.82) is 0 Å². The molecule has 7 aromatic rings. The van der Waals surface area contributed by atoms with E-state index in [4.69, 9.17) is 9.57 Å². The molecular formula is C40H32N4O4. The van der Waals surface area contributed by atoms with E-state index in [-0.39, 0.29) is 23.6 Å². The van der Waals surface area contributed by atoms with Crippen LogP contribution in [0, 0.1) is 6.92 Å². The Bertz CT molecular complexity index is 2340. The fraction of sp³-hybridized carbons (Fsp3) is 0.0750. The summed E-state index contributed by atoms with van der Waals surface area (Å²) in [5, 5.41) is 29.1. The van der Waals surface area contributed by atoms with Crippen molar-refractivity contribution < 1.29 is 19.5 Å². The van der Waals surface area contributed by atoms with Crippen LogP contribution in [-0.4, -0.2) is 18.1 Å². The second-order valence-corrected chi connectivity index (χ2v) is 11.5. The van der Waals surface area contributed by atoms with Crippen molar-refractivity contribution in [3.8, 4) is 11.5 Å². The number of hydrogen-bond donors (Lipinski definition) is 3. The Morgan fingerprint density at radius 1 is 0.729 bits per heavy atom. The summed E-state index contributed by atoms with van der Waals surface area (Å²) in [5.41, 5.74) is 6.93. The molecule has 236 valence electrons. The maximum atomic E-state index is 13.9. The van der Waals surface area contributed by atoms with Crippen LogP contribution in [0.2, 0.25) is 0 Å². The summed E-state index contributed by atoms with van der Waals surface area (Å²) in [6.07, 6.45) is 0. The van der Waals surface area contributed by atoms with Crippen molar-refractivity contribution >= 4 is 61.0 Å². The number of benzene rings is 7. The van der Waals surface area contributed by atoms with Crippen molar-refractivity contribution in [3.63, 3.8) is 0 Å². The third-order valence-electron chi connectivity index (χ3n) is 8.18. The predicted octanol–water partition coefficient (Wildman–Crippen LogP) is 10.4. The van der Waals surface area contributed by atoms with Gasteiger partial charge < -0.3 is 15.2 Å². The number of phenols is 1. The molecule has 1 amide bonds. The third kappa shape index (κ3) is 6.25. The lowest BCUT2D eigenvalue weighted by molar-refractivity contribution is 0.102. The summed E-state index contributed by atoms with van der Waals surface area (Å²) in [4.78, 5) is 19.5. The number of aromatic hydroxyl groups is 1. The van der Waals surface area contributed by atoms with Crippen LogP contribution in [0.4, 0.5) is 22.7 Å². The van der Waals surface area contributed by atoms with E-state index in [9.17, 15) is 9.90 Å². The van der Waals surface area contributed by atoms with Crippen molar-refractivity contribution in [2.45, 2.75) is 13.5 Å². The molecule has 0 aliphatic rings. The van der Waals surface area contributed by atoms with Crippen LogP contribution in [-0.2, 0) is 11.4 Å². The van der Waals surface area contributed by atoms with Gasteiger partial charge in [-0.15, -0.1) is 10.2 Å². The highest BCUT2D eigenvalue weighted by atomic mass is 16.6. The van der Waals surface area contributed by atoms with E-state index in [1.54, 1.807) is 25.3 Å². The summed E-state index contributed by atoms with van der Waals surface area (Å²) >= 11 is 0. The quantitative estimate of drug-likeness (QED) is 0.0834. The van der Waals surface area contributed by atoms with Gasteiger partial charge in [0.1, 0.15) is 17.1 Å². The minimum atomic E-state index is -0.462. The van der Waals surface area contributed by atoms with Gasteiger partial charge >= 0.3 is 0 Å². The van der Waals surface area contributed by atoms with Gasteiger partial charge in [-0.25, -0.2) is 0 Å². The average Bonchev–Trinajstić information content (AvgIpc) is 3.11. The molecule has 0 aliphatic carbocycles. The number of amides is 1. The standard InChI is InChI=1S/C40H32N4O4/c1-25-15-17-32-30(19-25)23-34(40(46)41-35-14-8-11-29-21-27-9-6-7-10-28(27)22-33(29)35)39(45)38(32)43-42-36-20-26(16-18-37(36)47-2)24-48-44-31-12-4-3-5-13-31/h3-23,44-45H,24H2,1-2H3,(H,41,46). The SMILES string of the molecule is COc1ccc(CONc2ccccc2)cc1N=Nc1c(O)c(C(=O)Nc2cccc3cc4ccccc4cc23)cc2cc(C)ccc12. The zero-order valence-electron chi connectivity index (χ0n) is 26.4. The summed E-state index contributed by atoms with van der Waals surface area (Å²) in [6.45, 7) is 2.23. The Morgan fingerprint density at radius 2 is 1.50 bits per heavy atom. The Balaban J connectivity index is 1.22. The number of para-hydroxylation sites is 1. The fourth-order valence-corrected chi connectivity index (χ4v) is 5.75. The minimum absolute atomic E-state index is 0.0842. The van der Waals surface area contributed by atoms with E-state index in [0.29, 0.717) is 22.5 Å². The molecule has 0 radical (unpaired) electrons. The highest BCUT2D eigenvalue weighted by molar-refractivity contribution is 6.15. The maximum Gasteiger partial charge on any atom is 0.259 e. The number of fused-ring (bicyclic) bond motifs is 3. The molecule has 7 rings (SSSR count). The minimum Gasteiger partial charge on any atom is -0.505 e. The molecule has 0 saturated carbocycles. The Morgan fingerprint density at radius 3 is 2.31 bits per heavy atom. The molecule has 0 fully saturated rings. The first-order valence-corrected chi connectivity index (χ1v) is 15.5. The van der Waals surface area contributed by atoms with Crippen LogP contribution in [0.25, 0.3) is 32.3 Å². The van der Waals surface area contributed by atoms with Gasteiger partial charge in [0, 0.05) is 16.5 Å². The maximum absolute atomic E-state index is 13.9. The first-order chi connectivity index (χ1) is 23.5. The van der Waals surface area contributed by atoms with Gasteiger partial charge in [-0.1, -0.05) is 84.4 Å². The van der Waals surface area contributed by atoms with Gasteiger partial charge in [0.05, 0.1) is 25.0 Å². The van der Waals surface area contributed by atoms with E-state index in [1.807, 2.05) is 97.9 Å². The molecule has 0 saturated heterocycles. The normalized spacial score (nSPS) is 11.4. The van der Waals surface area contributed by atoms with Crippen molar-refractivity contribution in [2.75, 3.05) is 17.9 Å². The highest BCUT2D eigenvalue weighted by Crippen LogP contribution is 2.41. The molecule has 0 spiro atoms. The molecule has 0 atom stereocenters. The lowest BCUT2D eigenvalue weighted by Crippen LogP contribution is -2.12. The number of carbonyl (C=O) groups is 1. The van der Waals surface area contributed by atoms with Gasteiger partial charge in [-0.2, -0.15) is 0 Å². The van der Waals surface area contributed by atoms with Gasteiger partial charge in [-0.3, -0.25) is 15.1 Å². The Kier molecular flexibility index (Phi) is 8.38. The number of carbonyl (C=O) groups excluding carboxylic acids is 1. The topological polar surface area (TPSA) is 105 Å². The number of rotatable bonds is 9. The molecule has 0 unspecified atom stereocenters. The third-order valence-corrected chi connectivity index (χ3v) is 8.18. The van der Waals surface area contributed by atoms with E-state index in [2.05, 4.69) is 39.2 Å². The lowest BCUT2D eigenvalue weighted by atomic mass is 10.0. The largest absolute Gasteiger partial charge is 0.505 e. The molecule has 48 heavy (non-hydrogen) atoms. The summed E-state index contributed by atoms with van der Waals surface area (Å²) in [5.74, 6) is -0.241. The van der Waals surface area contributed by atoms with Crippen molar-refractivity contribution in [2.24, 2.45) is 10.2 Å². The predicted molar refractivity (Wildman–Crippen MR) is 192 cm³/mol. The summed E-state index contributed by atoms with van der Waals surface area (Å²) in [6, 6.07) is 40.5. The van der Waals surface area contributed by atoms with Crippen molar-refractivity contribution in [1.82, 2.24) is 0 Å². The first-order valence-electron chi connectivity index (χ1n) is 15.5. The Hall–Kier alpha value is -6.25. The smallest absolute Gasteiger partial charge is 0.259 e. The van der Waals surface area contributed by atoms with Crippen LogP contribution >= 0.6 is 0 Å². The van der Waals surface area contributed by atoms with Crippen LogP contribution in [0.5, 0.6) is 11.5 Å². The number of phenolic OH excluding ortho intramolecular Hbond substituents is 1. The fourth-order valence-electron chi connectivity index (χ4n) is 5.75. The highest BCUT2D eigenvalue weighted by Gasteiger charge is 2.20. The van der Waals surface area contributed by atoms with Gasteiger partial charge in [0.2, 0.25) is 0 Å². The zero-order chi connectivity index (χ0) is 33.0. The number of anilines is 2. The summed E-state index contributed by atoms with van der Waals surface area (Å²) < 4.78 is 5.55. The molecule has 0 aliphatic heterocycles. The first kappa shape index (κ1) is 30.4. The second kappa shape index (κ2) is 13.2. The molecule has 8 nitrogen and oxygen atoms in total. The molecule has 0 bridgehead atoms. The number of nitrogens with zero attached hydrogens (tertiary/aromatic N) is 2. The molecule has 0 heterocycles. The van der Waals surface area contributed by atoms with E-state index in [1.165, 1.54) is 0 Å². The number of azo groups is 1. The van der Waals surface area contributed by atoms with Crippen LogP contribution < -0.4 is 15.5 Å². The van der Waals surface area contributed by atoms with Crippen molar-refractivity contribution in [3.05, 3.63) is 144 Å². The second-order valence-electron chi connectivity index (χ2n) is 11.5. The van der Waals surface area contributed by atoms with E-state index in [0.717, 1.165) is 43.7 Å². The molecule has 8 heteroatoms. The lowest BCUT2D eigenvalue weighted by Gasteiger charge is -2.14. The van der Waals surface area contributed by atoms with E-state index < -0.39 is 5.91 Å². The van der Waals surface area contributed by atoms with Gasteiger partial charge in [0.15, 0.2) is 5.75 Å². The monoisotopic (exact) mass is 632 g/mol. The van der Waals surface area contributed by atoms with E-state index >= 15 is 0 Å². The number of aryl methyl sites for hydroxylation is 1. The van der Waals surface area contributed by atoms with Crippen LogP contribution in [0.3, 0.4) is 0 Å². The zero-order valence-corrected chi connectivity index (χ0v) is 26.4. The van der Waals surface area contributed by atoms with Gasteiger partial charge in [0.25, 0.3) is 5.91 Å². The molecule has 3 N–H and O–H groups in total. The van der Waals surface area contributed by atoms with Crippen LogP contribution in [0.1, 0.15) is 21.5 Å². The van der Waals surface area contributed by atoms with Gasteiger partial charge in [-0.05, 0) is 82.6 Å². The molecular weight excluding hydrogens is 600 g/mol. The number of nitrogens with one attached hydrogen (secondary N) is 2. The molecule has 0 aromatic heterocycles. The number of hydrogen-bond acceptors (Lipinski definition) is 7. The number of methoxy groups -OCH3 is 1. The molecule has 7 aromatic carbocycles. The Labute approximate surface area is 277 Å². The average molecular weight is 633 g/mol. The van der Waals surface area contributed by atoms with Crippen LogP contribution in [0.15, 0.2) is 138 Å².